The highest BCUT2D eigenvalue weighted by Gasteiger charge is 2.09. The van der Waals surface area contributed by atoms with E-state index in [1.54, 1.807) is 6.07 Å². The Morgan fingerprint density at radius 3 is 2.80 bits per heavy atom. The highest BCUT2D eigenvalue weighted by Crippen LogP contribution is 2.24. The van der Waals surface area contributed by atoms with Crippen LogP contribution >= 0.6 is 23.2 Å². The van der Waals surface area contributed by atoms with Crippen LogP contribution in [0, 0.1) is 0 Å². The Balaban J connectivity index is 2.91. The van der Waals surface area contributed by atoms with Crippen molar-refractivity contribution >= 4 is 34.1 Å². The summed E-state index contributed by atoms with van der Waals surface area (Å²) in [4.78, 5) is 15.7. The number of hydrogen-bond acceptors (Lipinski definition) is 3. The largest absolute Gasteiger partial charge is 0.408 e. The quantitative estimate of drug-likeness (QED) is 0.774. The fourth-order valence-corrected chi connectivity index (χ4v) is 1.83. The second-order valence-electron chi connectivity index (χ2n) is 3.03. The summed E-state index contributed by atoms with van der Waals surface area (Å²) in [6.07, 6.45) is 0.546. The monoisotopic (exact) mass is 243 g/mol. The Labute approximate surface area is 95.6 Å². The van der Waals surface area contributed by atoms with E-state index in [4.69, 9.17) is 27.6 Å². The maximum absolute atomic E-state index is 11.5. The predicted octanol–water partition coefficient (Wildman–Crippen LogP) is 3.06. The van der Waals surface area contributed by atoms with E-state index in [0.717, 1.165) is 0 Å². The topological polar surface area (TPSA) is 43.1 Å². The summed E-state index contributed by atoms with van der Waals surface area (Å²) in [7, 11) is 0. The summed E-state index contributed by atoms with van der Waals surface area (Å²) in [5.74, 6) is 0.372. The van der Waals surface area contributed by atoms with Crippen LogP contribution in [0.4, 0.5) is 0 Å². The summed E-state index contributed by atoms with van der Waals surface area (Å²) in [5.41, 5.74) is -0.0181. The molecule has 0 aliphatic carbocycles. The Morgan fingerprint density at radius 2 is 2.13 bits per heavy atom. The van der Waals surface area contributed by atoms with E-state index in [0.29, 0.717) is 33.3 Å². The predicted molar refractivity (Wildman–Crippen MR) is 59.7 cm³/mol. The van der Waals surface area contributed by atoms with E-state index in [2.05, 4.69) is 4.98 Å². The van der Waals surface area contributed by atoms with Gasteiger partial charge in [0.25, 0.3) is 0 Å². The van der Waals surface area contributed by atoms with Gasteiger partial charge in [0.05, 0.1) is 15.9 Å². The fourth-order valence-electron chi connectivity index (χ4n) is 1.30. The second-order valence-corrected chi connectivity index (χ2v) is 3.88. The summed E-state index contributed by atoms with van der Waals surface area (Å²) in [6.45, 7) is 1.85. The van der Waals surface area contributed by atoms with E-state index in [-0.39, 0.29) is 0 Å². The van der Waals surface area contributed by atoms with Crippen molar-refractivity contribution in [2.45, 2.75) is 13.3 Å². The summed E-state index contributed by atoms with van der Waals surface area (Å²) in [6, 6.07) is 3.05. The lowest BCUT2D eigenvalue weighted by Crippen LogP contribution is -2.04. The molecule has 1 aromatic heterocycles. The van der Waals surface area contributed by atoms with Crippen LogP contribution in [0.2, 0.25) is 10.0 Å². The van der Waals surface area contributed by atoms with Crippen LogP contribution in [-0.2, 0) is 6.42 Å². The van der Waals surface area contributed by atoms with Gasteiger partial charge in [-0.3, -0.25) is 0 Å². The number of nitrogens with zero attached hydrogens (tertiary/aromatic N) is 1. The number of hydrogen-bond donors (Lipinski definition) is 0. The average Bonchev–Trinajstić information content (AvgIpc) is 2.19. The molecule has 0 radical (unpaired) electrons. The van der Waals surface area contributed by atoms with Crippen LogP contribution in [-0.4, -0.2) is 4.98 Å². The SMILES string of the molecule is CCc1nc2c(Cl)cc(Cl)cc2c(=O)o1. The molecule has 0 unspecified atom stereocenters. The minimum absolute atomic E-state index is 0.310. The van der Waals surface area contributed by atoms with Crippen molar-refractivity contribution in [2.24, 2.45) is 0 Å². The van der Waals surface area contributed by atoms with Crippen molar-refractivity contribution in [3.8, 4) is 0 Å². The van der Waals surface area contributed by atoms with Crippen LogP contribution in [0.5, 0.6) is 0 Å². The zero-order valence-electron chi connectivity index (χ0n) is 7.88. The number of aromatic nitrogens is 1. The molecule has 0 atom stereocenters. The van der Waals surface area contributed by atoms with Crippen LogP contribution in [0.3, 0.4) is 0 Å². The zero-order chi connectivity index (χ0) is 11.0. The van der Waals surface area contributed by atoms with Gasteiger partial charge < -0.3 is 4.42 Å². The highest BCUT2D eigenvalue weighted by atomic mass is 35.5. The molecule has 2 rings (SSSR count). The van der Waals surface area contributed by atoms with E-state index in [1.165, 1.54) is 6.07 Å². The maximum atomic E-state index is 11.5. The first-order chi connectivity index (χ1) is 7.11. The van der Waals surface area contributed by atoms with Gasteiger partial charge in [-0.25, -0.2) is 9.78 Å². The lowest BCUT2D eigenvalue weighted by atomic mass is 10.2. The molecule has 0 bridgehead atoms. The minimum atomic E-state index is -0.457. The Kier molecular flexibility index (Phi) is 2.67. The Morgan fingerprint density at radius 1 is 1.40 bits per heavy atom. The van der Waals surface area contributed by atoms with Gasteiger partial charge in [0.15, 0.2) is 5.89 Å². The third-order valence-corrected chi connectivity index (χ3v) is 2.50. The molecule has 5 heteroatoms. The molecule has 1 heterocycles. The highest BCUT2D eigenvalue weighted by molar-refractivity contribution is 6.38. The molecule has 0 N–H and O–H groups in total. The molecule has 0 amide bonds. The summed E-state index contributed by atoms with van der Waals surface area (Å²) >= 11 is 11.7. The molecule has 0 aliphatic heterocycles. The third-order valence-electron chi connectivity index (χ3n) is 2.00. The number of halogens is 2. The van der Waals surface area contributed by atoms with E-state index in [9.17, 15) is 4.79 Å². The van der Waals surface area contributed by atoms with Crippen LogP contribution in [0.25, 0.3) is 10.9 Å². The summed E-state index contributed by atoms with van der Waals surface area (Å²) in [5, 5.41) is 1.07. The van der Waals surface area contributed by atoms with Gasteiger partial charge in [0.1, 0.15) is 0 Å². The maximum Gasteiger partial charge on any atom is 0.346 e. The van der Waals surface area contributed by atoms with Gasteiger partial charge in [-0.1, -0.05) is 30.1 Å². The van der Waals surface area contributed by atoms with Crippen molar-refractivity contribution < 1.29 is 4.42 Å². The van der Waals surface area contributed by atoms with Gasteiger partial charge in [0.2, 0.25) is 0 Å². The normalized spacial score (nSPS) is 10.9. The van der Waals surface area contributed by atoms with Gasteiger partial charge in [-0.05, 0) is 12.1 Å². The molecule has 15 heavy (non-hydrogen) atoms. The first kappa shape index (κ1) is 10.5. The van der Waals surface area contributed by atoms with Gasteiger partial charge in [0, 0.05) is 11.4 Å². The Bertz CT molecular complexity index is 577. The number of rotatable bonds is 1. The number of fused-ring (bicyclic) bond motifs is 1. The van der Waals surface area contributed by atoms with Gasteiger partial charge >= 0.3 is 5.63 Å². The molecule has 0 spiro atoms. The lowest BCUT2D eigenvalue weighted by Gasteiger charge is -2.01. The van der Waals surface area contributed by atoms with E-state index < -0.39 is 5.63 Å². The third kappa shape index (κ3) is 1.85. The van der Waals surface area contributed by atoms with Gasteiger partial charge in [-0.15, -0.1) is 0 Å². The lowest BCUT2D eigenvalue weighted by molar-refractivity contribution is 0.450. The molecule has 0 aliphatic rings. The number of aryl methyl sites for hydroxylation is 1. The van der Waals surface area contributed by atoms with E-state index >= 15 is 0 Å². The molecule has 0 fully saturated rings. The van der Waals surface area contributed by atoms with Crippen LogP contribution < -0.4 is 5.63 Å². The molecule has 0 saturated carbocycles. The molecule has 1 aromatic carbocycles. The van der Waals surface area contributed by atoms with E-state index in [1.807, 2.05) is 6.92 Å². The van der Waals surface area contributed by atoms with Crippen molar-refractivity contribution in [1.29, 1.82) is 0 Å². The average molecular weight is 244 g/mol. The Hall–Kier alpha value is -1.06. The fraction of sp³-hybridized carbons (Fsp3) is 0.200. The smallest absolute Gasteiger partial charge is 0.346 e. The van der Waals surface area contributed by atoms with Crippen molar-refractivity contribution in [3.63, 3.8) is 0 Å². The van der Waals surface area contributed by atoms with Crippen molar-refractivity contribution in [1.82, 2.24) is 4.98 Å². The molecule has 78 valence electrons. The molecule has 2 aromatic rings. The second kappa shape index (κ2) is 3.83. The van der Waals surface area contributed by atoms with Crippen molar-refractivity contribution in [2.75, 3.05) is 0 Å². The molecular weight excluding hydrogens is 237 g/mol. The zero-order valence-corrected chi connectivity index (χ0v) is 9.39. The summed E-state index contributed by atoms with van der Waals surface area (Å²) < 4.78 is 4.97. The molecule has 3 nitrogen and oxygen atoms in total. The molecule has 0 saturated heterocycles. The van der Waals surface area contributed by atoms with Gasteiger partial charge in [-0.2, -0.15) is 0 Å². The minimum Gasteiger partial charge on any atom is -0.408 e. The molecular formula is C10H7Cl2NO2. The van der Waals surface area contributed by atoms with Crippen LogP contribution in [0.15, 0.2) is 21.3 Å². The standard InChI is InChI=1S/C10H7Cl2NO2/c1-2-8-13-9-6(10(14)15-8)3-5(11)4-7(9)12/h3-4H,2H2,1H3. The van der Waals surface area contributed by atoms with Crippen molar-refractivity contribution in [3.05, 3.63) is 38.5 Å². The first-order valence-electron chi connectivity index (χ1n) is 4.40. The first-order valence-corrected chi connectivity index (χ1v) is 5.16. The number of benzene rings is 1. The van der Waals surface area contributed by atoms with Crippen LogP contribution in [0.1, 0.15) is 12.8 Å².